The zero-order chi connectivity index (χ0) is 15.5. The number of aryl methyl sites for hydroxylation is 1. The predicted octanol–water partition coefficient (Wildman–Crippen LogP) is 1.01. The van der Waals surface area contributed by atoms with E-state index in [2.05, 4.69) is 15.5 Å². The topological polar surface area (TPSA) is 88.3 Å². The Labute approximate surface area is 127 Å². The van der Waals surface area contributed by atoms with Crippen LogP contribution in [-0.2, 0) is 4.79 Å². The highest BCUT2D eigenvalue weighted by atomic mass is 16.5. The van der Waals surface area contributed by atoms with Gasteiger partial charge in [-0.25, -0.2) is 0 Å². The van der Waals surface area contributed by atoms with Crippen LogP contribution in [0.15, 0.2) is 28.8 Å². The number of benzene rings is 1. The van der Waals surface area contributed by atoms with Crippen LogP contribution < -0.4 is 5.32 Å². The first-order valence-corrected chi connectivity index (χ1v) is 7.06. The van der Waals surface area contributed by atoms with E-state index in [1.807, 2.05) is 6.07 Å². The molecule has 1 saturated heterocycles. The quantitative estimate of drug-likeness (QED) is 0.851. The SMILES string of the molecule is Cc1nc(-c2cccc(C(=O)NC3CCN(C=O)C3)c2)no1. The van der Waals surface area contributed by atoms with Gasteiger partial charge in [-0.2, -0.15) is 4.98 Å². The fourth-order valence-electron chi connectivity index (χ4n) is 2.49. The zero-order valence-corrected chi connectivity index (χ0v) is 12.2. The van der Waals surface area contributed by atoms with E-state index in [9.17, 15) is 9.59 Å². The highest BCUT2D eigenvalue weighted by molar-refractivity contribution is 5.95. The van der Waals surface area contributed by atoms with E-state index >= 15 is 0 Å². The molecule has 0 spiro atoms. The Bertz CT molecular complexity index is 698. The fraction of sp³-hybridized carbons (Fsp3) is 0.333. The Morgan fingerprint density at radius 2 is 2.36 bits per heavy atom. The fourth-order valence-corrected chi connectivity index (χ4v) is 2.49. The molecule has 3 rings (SSSR count). The van der Waals surface area contributed by atoms with Gasteiger partial charge >= 0.3 is 0 Å². The molecule has 1 aliphatic heterocycles. The second-order valence-corrected chi connectivity index (χ2v) is 5.28. The maximum atomic E-state index is 12.3. The van der Waals surface area contributed by atoms with Gasteiger partial charge in [0.25, 0.3) is 5.91 Å². The van der Waals surface area contributed by atoms with Crippen molar-refractivity contribution in [1.29, 1.82) is 0 Å². The molecule has 22 heavy (non-hydrogen) atoms. The molecule has 0 aliphatic carbocycles. The largest absolute Gasteiger partial charge is 0.347 e. The van der Waals surface area contributed by atoms with Gasteiger partial charge in [-0.05, 0) is 18.6 Å². The highest BCUT2D eigenvalue weighted by Crippen LogP contribution is 2.17. The van der Waals surface area contributed by atoms with Crippen LogP contribution in [0.2, 0.25) is 0 Å². The number of likely N-dealkylation sites (tertiary alicyclic amines) is 1. The molecule has 7 nitrogen and oxygen atoms in total. The summed E-state index contributed by atoms with van der Waals surface area (Å²) in [4.78, 5) is 28.8. The van der Waals surface area contributed by atoms with Gasteiger partial charge in [0.05, 0.1) is 0 Å². The Morgan fingerprint density at radius 1 is 1.50 bits per heavy atom. The van der Waals surface area contributed by atoms with Gasteiger partial charge in [-0.1, -0.05) is 17.3 Å². The summed E-state index contributed by atoms with van der Waals surface area (Å²) in [5.41, 5.74) is 1.26. The summed E-state index contributed by atoms with van der Waals surface area (Å²) in [6.45, 7) is 2.95. The third-order valence-electron chi connectivity index (χ3n) is 3.61. The Hall–Kier alpha value is -2.70. The second-order valence-electron chi connectivity index (χ2n) is 5.28. The summed E-state index contributed by atoms with van der Waals surface area (Å²) >= 11 is 0. The average molecular weight is 300 g/mol. The van der Waals surface area contributed by atoms with Crippen LogP contribution in [0, 0.1) is 6.92 Å². The molecule has 0 saturated carbocycles. The average Bonchev–Trinajstić information content (AvgIpc) is 3.16. The smallest absolute Gasteiger partial charge is 0.251 e. The maximum Gasteiger partial charge on any atom is 0.251 e. The molecule has 0 bridgehead atoms. The van der Waals surface area contributed by atoms with E-state index in [0.717, 1.165) is 18.4 Å². The molecule has 1 unspecified atom stereocenters. The van der Waals surface area contributed by atoms with Gasteiger partial charge in [-0.15, -0.1) is 0 Å². The number of hydrogen-bond donors (Lipinski definition) is 1. The van der Waals surface area contributed by atoms with Crippen LogP contribution in [0.4, 0.5) is 0 Å². The van der Waals surface area contributed by atoms with Crippen LogP contribution in [0.5, 0.6) is 0 Å². The number of carbonyl (C=O) groups is 2. The summed E-state index contributed by atoms with van der Waals surface area (Å²) < 4.78 is 4.95. The van der Waals surface area contributed by atoms with Crippen molar-refractivity contribution in [2.24, 2.45) is 0 Å². The van der Waals surface area contributed by atoms with Gasteiger partial charge in [-0.3, -0.25) is 9.59 Å². The van der Waals surface area contributed by atoms with Gasteiger partial charge in [0.2, 0.25) is 18.1 Å². The van der Waals surface area contributed by atoms with Crippen molar-refractivity contribution < 1.29 is 14.1 Å². The van der Waals surface area contributed by atoms with E-state index < -0.39 is 0 Å². The van der Waals surface area contributed by atoms with E-state index in [0.29, 0.717) is 30.4 Å². The summed E-state index contributed by atoms with van der Waals surface area (Å²) in [5, 5.41) is 6.79. The lowest BCUT2D eigenvalue weighted by molar-refractivity contribution is -0.117. The lowest BCUT2D eigenvalue weighted by Gasteiger charge is -2.13. The van der Waals surface area contributed by atoms with Crippen molar-refractivity contribution in [3.05, 3.63) is 35.7 Å². The molecule has 2 amide bonds. The number of hydrogen-bond acceptors (Lipinski definition) is 5. The van der Waals surface area contributed by atoms with E-state index in [4.69, 9.17) is 4.52 Å². The molecule has 1 aliphatic rings. The lowest BCUT2D eigenvalue weighted by Crippen LogP contribution is -2.36. The number of nitrogens with zero attached hydrogens (tertiary/aromatic N) is 3. The molecule has 0 radical (unpaired) electrons. The molecule has 1 aromatic carbocycles. The standard InChI is InChI=1S/C15H16N4O3/c1-10-16-14(18-22-10)11-3-2-4-12(7-11)15(21)17-13-5-6-19(8-13)9-20/h2-4,7,9,13H,5-6,8H2,1H3,(H,17,21). The molecule has 7 heteroatoms. The molecular weight excluding hydrogens is 284 g/mol. The Kier molecular flexibility index (Phi) is 3.86. The van der Waals surface area contributed by atoms with Crippen molar-refractivity contribution in [3.63, 3.8) is 0 Å². The van der Waals surface area contributed by atoms with Crippen LogP contribution in [-0.4, -0.2) is 46.5 Å². The van der Waals surface area contributed by atoms with Gasteiger partial charge in [0, 0.05) is 37.2 Å². The first-order valence-electron chi connectivity index (χ1n) is 7.06. The minimum Gasteiger partial charge on any atom is -0.347 e. The number of nitrogens with one attached hydrogen (secondary N) is 1. The molecular formula is C15H16N4O3. The Morgan fingerprint density at radius 3 is 3.05 bits per heavy atom. The third kappa shape index (κ3) is 2.98. The van der Waals surface area contributed by atoms with Crippen LogP contribution in [0.3, 0.4) is 0 Å². The summed E-state index contributed by atoms with van der Waals surface area (Å²) in [6.07, 6.45) is 1.58. The van der Waals surface area contributed by atoms with E-state index in [1.165, 1.54) is 0 Å². The third-order valence-corrected chi connectivity index (χ3v) is 3.61. The van der Waals surface area contributed by atoms with Gasteiger partial charge in [0.15, 0.2) is 0 Å². The first kappa shape index (κ1) is 14.2. The number of amides is 2. The molecule has 1 atom stereocenters. The summed E-state index contributed by atoms with van der Waals surface area (Å²) in [6, 6.07) is 7.06. The van der Waals surface area contributed by atoms with Crippen molar-refractivity contribution in [1.82, 2.24) is 20.4 Å². The number of carbonyl (C=O) groups excluding carboxylic acids is 2. The molecule has 114 valence electrons. The van der Waals surface area contributed by atoms with Crippen molar-refractivity contribution in [3.8, 4) is 11.4 Å². The van der Waals surface area contributed by atoms with Crippen molar-refractivity contribution in [2.45, 2.75) is 19.4 Å². The molecule has 1 N–H and O–H groups in total. The number of rotatable bonds is 4. The maximum absolute atomic E-state index is 12.3. The predicted molar refractivity (Wildman–Crippen MR) is 78.0 cm³/mol. The monoisotopic (exact) mass is 300 g/mol. The second kappa shape index (κ2) is 5.97. The van der Waals surface area contributed by atoms with Gasteiger partial charge < -0.3 is 14.7 Å². The van der Waals surface area contributed by atoms with Crippen molar-refractivity contribution in [2.75, 3.05) is 13.1 Å². The lowest BCUT2D eigenvalue weighted by atomic mass is 10.1. The molecule has 2 heterocycles. The first-order chi connectivity index (χ1) is 10.7. The van der Waals surface area contributed by atoms with Crippen molar-refractivity contribution >= 4 is 12.3 Å². The summed E-state index contributed by atoms with van der Waals surface area (Å²) in [5.74, 6) is 0.768. The molecule has 2 aromatic rings. The minimum absolute atomic E-state index is 0.00576. The molecule has 1 fully saturated rings. The van der Waals surface area contributed by atoms with Crippen LogP contribution in [0.1, 0.15) is 22.7 Å². The van der Waals surface area contributed by atoms with E-state index in [-0.39, 0.29) is 11.9 Å². The number of aromatic nitrogens is 2. The minimum atomic E-state index is -0.167. The molecule has 1 aromatic heterocycles. The summed E-state index contributed by atoms with van der Waals surface area (Å²) in [7, 11) is 0. The van der Waals surface area contributed by atoms with E-state index in [1.54, 1.807) is 30.0 Å². The zero-order valence-electron chi connectivity index (χ0n) is 12.2. The van der Waals surface area contributed by atoms with Gasteiger partial charge in [0.1, 0.15) is 0 Å². The highest BCUT2D eigenvalue weighted by Gasteiger charge is 2.23. The Balaban J connectivity index is 1.72. The van der Waals surface area contributed by atoms with Crippen LogP contribution >= 0.6 is 0 Å². The van der Waals surface area contributed by atoms with Crippen LogP contribution in [0.25, 0.3) is 11.4 Å². The normalized spacial score (nSPS) is 17.5.